The molecule has 2 aliphatic rings. The van der Waals surface area contributed by atoms with E-state index >= 15 is 0 Å². The van der Waals surface area contributed by atoms with Crippen molar-refractivity contribution >= 4 is 22.8 Å². The number of H-pyrrole nitrogens is 1. The van der Waals surface area contributed by atoms with Gasteiger partial charge in [0.15, 0.2) is 0 Å². The molecule has 1 saturated carbocycles. The van der Waals surface area contributed by atoms with Gasteiger partial charge in [0, 0.05) is 32.3 Å². The summed E-state index contributed by atoms with van der Waals surface area (Å²) < 4.78 is 0. The maximum absolute atomic E-state index is 12.6. The summed E-state index contributed by atoms with van der Waals surface area (Å²) in [4.78, 5) is 28.9. The Morgan fingerprint density at radius 3 is 2.92 bits per heavy atom. The minimum Gasteiger partial charge on any atom is -0.354 e. The highest BCUT2D eigenvalue weighted by Crippen LogP contribution is 2.32. The monoisotopic (exact) mass is 327 g/mol. The maximum atomic E-state index is 12.6. The van der Waals surface area contributed by atoms with Crippen LogP contribution in [0.3, 0.4) is 0 Å². The van der Waals surface area contributed by atoms with Gasteiger partial charge in [-0.3, -0.25) is 4.79 Å². The van der Waals surface area contributed by atoms with Gasteiger partial charge in [0.1, 0.15) is 17.8 Å². The van der Waals surface area contributed by atoms with Gasteiger partial charge < -0.3 is 14.8 Å². The lowest BCUT2D eigenvalue weighted by Gasteiger charge is -2.44. The normalized spacial score (nSPS) is 24.8. The van der Waals surface area contributed by atoms with E-state index in [0.29, 0.717) is 11.8 Å². The van der Waals surface area contributed by atoms with E-state index in [1.165, 1.54) is 6.42 Å². The topological polar surface area (TPSA) is 65.1 Å². The molecule has 1 amide bonds. The van der Waals surface area contributed by atoms with E-state index < -0.39 is 0 Å². The molecule has 6 heteroatoms. The molecule has 1 saturated heterocycles. The number of nitrogens with one attached hydrogen (secondary N) is 1. The third-order valence-electron chi connectivity index (χ3n) is 5.85. The van der Waals surface area contributed by atoms with E-state index in [9.17, 15) is 4.79 Å². The summed E-state index contributed by atoms with van der Waals surface area (Å²) in [5, 5.41) is 1.04. The van der Waals surface area contributed by atoms with Gasteiger partial charge in [-0.2, -0.15) is 0 Å². The number of hydrogen-bond acceptors (Lipinski definition) is 4. The number of hydrogen-bond donors (Lipinski definition) is 1. The van der Waals surface area contributed by atoms with Crippen molar-refractivity contribution in [2.75, 3.05) is 25.0 Å². The second-order valence-electron chi connectivity index (χ2n) is 7.29. The largest absolute Gasteiger partial charge is 0.354 e. The third kappa shape index (κ3) is 2.54. The Labute approximate surface area is 142 Å². The van der Waals surface area contributed by atoms with Crippen molar-refractivity contribution in [3.05, 3.63) is 18.6 Å². The minimum atomic E-state index is 0.278. The van der Waals surface area contributed by atoms with Gasteiger partial charge in [0.2, 0.25) is 5.91 Å². The number of rotatable bonds is 3. The van der Waals surface area contributed by atoms with Gasteiger partial charge in [0.05, 0.1) is 11.4 Å². The van der Waals surface area contributed by atoms with Crippen molar-refractivity contribution < 1.29 is 4.79 Å². The molecule has 1 N–H and O–H groups in total. The molecule has 2 aromatic rings. The maximum Gasteiger partial charge on any atom is 0.225 e. The number of anilines is 1. The van der Waals surface area contributed by atoms with Gasteiger partial charge in [-0.1, -0.05) is 13.3 Å². The standard InChI is InChI=1S/C18H25N5O/c1-12-7-9-23(18(24)13-4-3-5-13)10-15(12)22(2)17-14-6-8-19-16(14)20-11-21-17/h6,8,11-13,15H,3-5,7,9-10H2,1-2H3,(H,19,20,21). The lowest BCUT2D eigenvalue weighted by Crippen LogP contribution is -2.54. The number of aromatic amines is 1. The van der Waals surface area contributed by atoms with Crippen molar-refractivity contribution in [3.8, 4) is 0 Å². The molecule has 0 spiro atoms. The average molecular weight is 327 g/mol. The van der Waals surface area contributed by atoms with E-state index in [-0.39, 0.29) is 12.0 Å². The first-order chi connectivity index (χ1) is 11.6. The molecule has 0 bridgehead atoms. The van der Waals surface area contributed by atoms with Crippen LogP contribution in [0.25, 0.3) is 11.0 Å². The third-order valence-corrected chi connectivity index (χ3v) is 5.85. The zero-order valence-electron chi connectivity index (χ0n) is 14.4. The zero-order chi connectivity index (χ0) is 16.7. The molecule has 128 valence electrons. The van der Waals surface area contributed by atoms with Crippen LogP contribution >= 0.6 is 0 Å². The SMILES string of the molecule is CC1CCN(C(=O)C2CCC2)CC1N(C)c1ncnc2[nH]ccc12. The summed E-state index contributed by atoms with van der Waals surface area (Å²) in [7, 11) is 2.09. The fourth-order valence-corrected chi connectivity index (χ4v) is 3.96. The van der Waals surface area contributed by atoms with Crippen LogP contribution in [0.4, 0.5) is 5.82 Å². The number of piperidine rings is 1. The number of fused-ring (bicyclic) bond motifs is 1. The smallest absolute Gasteiger partial charge is 0.225 e. The molecule has 0 radical (unpaired) electrons. The molecule has 2 atom stereocenters. The number of carbonyl (C=O) groups is 1. The summed E-state index contributed by atoms with van der Waals surface area (Å²) >= 11 is 0. The molecule has 4 rings (SSSR count). The molecule has 2 aromatic heterocycles. The summed E-state index contributed by atoms with van der Waals surface area (Å²) in [5.41, 5.74) is 0.859. The minimum absolute atomic E-state index is 0.278. The second kappa shape index (κ2) is 6.07. The quantitative estimate of drug-likeness (QED) is 0.940. The van der Waals surface area contributed by atoms with Crippen LogP contribution in [0, 0.1) is 11.8 Å². The van der Waals surface area contributed by atoms with E-state index in [1.807, 2.05) is 12.3 Å². The van der Waals surface area contributed by atoms with Crippen LogP contribution in [0.2, 0.25) is 0 Å². The molecule has 1 aliphatic carbocycles. The molecule has 0 aromatic carbocycles. The van der Waals surface area contributed by atoms with Crippen molar-refractivity contribution in [1.82, 2.24) is 19.9 Å². The van der Waals surface area contributed by atoms with Crippen LogP contribution < -0.4 is 4.90 Å². The predicted molar refractivity (Wildman–Crippen MR) is 93.8 cm³/mol. The number of aromatic nitrogens is 3. The van der Waals surface area contributed by atoms with Gasteiger partial charge in [-0.05, 0) is 31.2 Å². The van der Waals surface area contributed by atoms with Crippen molar-refractivity contribution in [1.29, 1.82) is 0 Å². The molecule has 2 unspecified atom stereocenters. The Balaban J connectivity index is 1.56. The number of amides is 1. The Hall–Kier alpha value is -2.11. The molecular formula is C18H25N5O. The molecular weight excluding hydrogens is 302 g/mol. The molecule has 1 aliphatic heterocycles. The van der Waals surface area contributed by atoms with E-state index in [4.69, 9.17) is 0 Å². The van der Waals surface area contributed by atoms with Crippen LogP contribution in [0.1, 0.15) is 32.6 Å². The lowest BCUT2D eigenvalue weighted by atomic mass is 9.83. The van der Waals surface area contributed by atoms with E-state index in [1.54, 1.807) is 6.33 Å². The predicted octanol–water partition coefficient (Wildman–Crippen LogP) is 2.43. The number of likely N-dealkylation sites (N-methyl/N-ethyl adjacent to an activating group) is 1. The van der Waals surface area contributed by atoms with Gasteiger partial charge >= 0.3 is 0 Å². The van der Waals surface area contributed by atoms with Gasteiger partial charge in [-0.25, -0.2) is 9.97 Å². The summed E-state index contributed by atoms with van der Waals surface area (Å²) in [6.07, 6.45) is 7.90. The Bertz CT molecular complexity index is 738. The molecule has 2 fully saturated rings. The lowest BCUT2D eigenvalue weighted by molar-refractivity contribution is -0.139. The fraction of sp³-hybridized carbons (Fsp3) is 0.611. The molecule has 24 heavy (non-hydrogen) atoms. The summed E-state index contributed by atoms with van der Waals surface area (Å²) in [6, 6.07) is 2.31. The Morgan fingerprint density at radius 1 is 1.33 bits per heavy atom. The highest BCUT2D eigenvalue weighted by atomic mass is 16.2. The number of likely N-dealkylation sites (tertiary alicyclic amines) is 1. The first-order valence-electron chi connectivity index (χ1n) is 8.95. The average Bonchev–Trinajstić information content (AvgIpc) is 3.01. The highest BCUT2D eigenvalue weighted by molar-refractivity contribution is 5.87. The van der Waals surface area contributed by atoms with Crippen LogP contribution in [0.5, 0.6) is 0 Å². The van der Waals surface area contributed by atoms with Crippen LogP contribution in [0.15, 0.2) is 18.6 Å². The summed E-state index contributed by atoms with van der Waals surface area (Å²) in [6.45, 7) is 3.97. The van der Waals surface area contributed by atoms with Crippen LogP contribution in [-0.4, -0.2) is 51.9 Å². The van der Waals surface area contributed by atoms with Crippen molar-refractivity contribution in [2.24, 2.45) is 11.8 Å². The van der Waals surface area contributed by atoms with Gasteiger partial charge in [0.25, 0.3) is 0 Å². The summed E-state index contributed by atoms with van der Waals surface area (Å²) in [5.74, 6) is 2.11. The Morgan fingerprint density at radius 2 is 2.17 bits per heavy atom. The zero-order valence-corrected chi connectivity index (χ0v) is 14.4. The fourth-order valence-electron chi connectivity index (χ4n) is 3.96. The van der Waals surface area contributed by atoms with Gasteiger partial charge in [-0.15, -0.1) is 0 Å². The molecule has 3 heterocycles. The number of nitrogens with zero attached hydrogens (tertiary/aromatic N) is 4. The van der Waals surface area contributed by atoms with Crippen molar-refractivity contribution in [3.63, 3.8) is 0 Å². The Kier molecular flexibility index (Phi) is 3.90. The molecule has 6 nitrogen and oxygen atoms in total. The van der Waals surface area contributed by atoms with E-state index in [2.05, 4.69) is 38.7 Å². The first kappa shape index (κ1) is 15.4. The number of carbonyl (C=O) groups excluding carboxylic acids is 1. The highest BCUT2D eigenvalue weighted by Gasteiger charge is 2.36. The first-order valence-corrected chi connectivity index (χ1v) is 8.95. The van der Waals surface area contributed by atoms with Crippen molar-refractivity contribution in [2.45, 2.75) is 38.6 Å². The van der Waals surface area contributed by atoms with E-state index in [0.717, 1.165) is 49.2 Å². The van der Waals surface area contributed by atoms with Crippen LogP contribution in [-0.2, 0) is 4.79 Å². The second-order valence-corrected chi connectivity index (χ2v) is 7.29.